The van der Waals surface area contributed by atoms with Gasteiger partial charge in [-0.2, -0.15) is 0 Å². The Morgan fingerprint density at radius 2 is 2.06 bits per heavy atom. The molecule has 1 N–H and O–H groups in total. The zero-order valence-electron chi connectivity index (χ0n) is 10.6. The quantitative estimate of drug-likeness (QED) is 0.771. The summed E-state index contributed by atoms with van der Waals surface area (Å²) < 4.78 is 5.63. The molecule has 0 amide bonds. The second-order valence-corrected chi connectivity index (χ2v) is 5.09. The van der Waals surface area contributed by atoms with Gasteiger partial charge in [0.1, 0.15) is 0 Å². The molecule has 16 heavy (non-hydrogen) atoms. The Morgan fingerprint density at radius 3 is 2.69 bits per heavy atom. The Bertz CT molecular complexity index is 184. The van der Waals surface area contributed by atoms with Crippen LogP contribution in [-0.2, 0) is 4.74 Å². The second kappa shape index (κ2) is 6.58. The average molecular weight is 226 g/mol. The lowest BCUT2D eigenvalue weighted by Crippen LogP contribution is -2.42. The summed E-state index contributed by atoms with van der Waals surface area (Å²) in [5, 5.41) is 3.69. The highest BCUT2D eigenvalue weighted by atomic mass is 16.5. The summed E-state index contributed by atoms with van der Waals surface area (Å²) in [4.78, 5) is 2.54. The van der Waals surface area contributed by atoms with Gasteiger partial charge >= 0.3 is 0 Å². The van der Waals surface area contributed by atoms with E-state index in [2.05, 4.69) is 17.1 Å². The van der Waals surface area contributed by atoms with Crippen LogP contribution in [0.15, 0.2) is 0 Å². The molecular formula is C13H26N2O. The Hall–Kier alpha value is -0.120. The number of nitrogens with zero attached hydrogens (tertiary/aromatic N) is 1. The van der Waals surface area contributed by atoms with E-state index in [9.17, 15) is 0 Å². The van der Waals surface area contributed by atoms with Crippen molar-refractivity contribution in [1.29, 1.82) is 0 Å². The van der Waals surface area contributed by atoms with Crippen molar-refractivity contribution >= 4 is 0 Å². The van der Waals surface area contributed by atoms with E-state index < -0.39 is 0 Å². The lowest BCUT2D eigenvalue weighted by molar-refractivity contribution is 0.102. The van der Waals surface area contributed by atoms with Gasteiger partial charge in [-0.05, 0) is 58.3 Å². The smallest absolute Gasteiger partial charge is 0.0588 e. The molecule has 2 saturated heterocycles. The van der Waals surface area contributed by atoms with E-state index in [0.717, 1.165) is 19.2 Å². The molecule has 2 fully saturated rings. The molecule has 0 radical (unpaired) electrons. The third-order valence-electron chi connectivity index (χ3n) is 3.96. The third-order valence-corrected chi connectivity index (χ3v) is 3.96. The van der Waals surface area contributed by atoms with Crippen LogP contribution in [-0.4, -0.2) is 49.8 Å². The van der Waals surface area contributed by atoms with Crippen molar-refractivity contribution in [3.05, 3.63) is 0 Å². The number of rotatable bonds is 5. The molecule has 0 saturated carbocycles. The fourth-order valence-electron chi connectivity index (χ4n) is 2.77. The Labute approximate surface area is 99.5 Å². The molecule has 2 aliphatic heterocycles. The van der Waals surface area contributed by atoms with Crippen LogP contribution in [0.3, 0.4) is 0 Å². The molecule has 0 bridgehead atoms. The highest BCUT2D eigenvalue weighted by molar-refractivity contribution is 4.77. The lowest BCUT2D eigenvalue weighted by atomic mass is 10.0. The molecule has 2 heterocycles. The fraction of sp³-hybridized carbons (Fsp3) is 1.00. The van der Waals surface area contributed by atoms with Crippen LogP contribution in [0, 0.1) is 0 Å². The van der Waals surface area contributed by atoms with Gasteiger partial charge in [-0.1, -0.05) is 6.92 Å². The fourth-order valence-corrected chi connectivity index (χ4v) is 2.77. The van der Waals surface area contributed by atoms with Gasteiger partial charge in [0.25, 0.3) is 0 Å². The summed E-state index contributed by atoms with van der Waals surface area (Å²) >= 11 is 0. The number of hydrogen-bond donors (Lipinski definition) is 1. The van der Waals surface area contributed by atoms with E-state index in [4.69, 9.17) is 4.74 Å². The van der Waals surface area contributed by atoms with Gasteiger partial charge in [0.15, 0.2) is 0 Å². The highest BCUT2D eigenvalue weighted by Crippen LogP contribution is 2.15. The second-order valence-electron chi connectivity index (χ2n) is 5.09. The summed E-state index contributed by atoms with van der Waals surface area (Å²) in [6.07, 6.45) is 6.92. The average Bonchev–Trinajstić information content (AvgIpc) is 2.83. The first-order valence-electron chi connectivity index (χ1n) is 6.96. The van der Waals surface area contributed by atoms with E-state index in [1.807, 2.05) is 0 Å². The Balaban J connectivity index is 1.53. The van der Waals surface area contributed by atoms with Crippen molar-refractivity contribution in [3.8, 4) is 0 Å². The molecule has 0 aromatic carbocycles. The van der Waals surface area contributed by atoms with Gasteiger partial charge in [-0.15, -0.1) is 0 Å². The molecule has 3 nitrogen and oxygen atoms in total. The first kappa shape index (κ1) is 12.3. The number of likely N-dealkylation sites (tertiary alicyclic amines) is 1. The van der Waals surface area contributed by atoms with Crippen molar-refractivity contribution in [1.82, 2.24) is 10.2 Å². The minimum atomic E-state index is 0.545. The largest absolute Gasteiger partial charge is 0.378 e. The molecule has 0 aliphatic carbocycles. The molecule has 3 heteroatoms. The number of ether oxygens (including phenoxy) is 1. The summed E-state index contributed by atoms with van der Waals surface area (Å²) in [5.74, 6) is 0. The number of hydrogen-bond acceptors (Lipinski definition) is 3. The van der Waals surface area contributed by atoms with Crippen molar-refractivity contribution in [2.24, 2.45) is 0 Å². The van der Waals surface area contributed by atoms with Crippen molar-refractivity contribution in [3.63, 3.8) is 0 Å². The van der Waals surface area contributed by atoms with E-state index >= 15 is 0 Å². The van der Waals surface area contributed by atoms with Crippen LogP contribution in [0.5, 0.6) is 0 Å². The topological polar surface area (TPSA) is 24.5 Å². The molecule has 2 rings (SSSR count). The van der Waals surface area contributed by atoms with Crippen molar-refractivity contribution < 1.29 is 4.74 Å². The predicted octanol–water partition coefficient (Wildman–Crippen LogP) is 1.63. The summed E-state index contributed by atoms with van der Waals surface area (Å²) in [6, 6.07) is 0.754. The lowest BCUT2D eigenvalue weighted by Gasteiger charge is -2.31. The van der Waals surface area contributed by atoms with Crippen molar-refractivity contribution in [2.45, 2.75) is 51.2 Å². The van der Waals surface area contributed by atoms with E-state index in [1.165, 1.54) is 51.7 Å². The molecule has 0 aromatic rings. The maximum absolute atomic E-state index is 5.63. The van der Waals surface area contributed by atoms with Gasteiger partial charge in [0, 0.05) is 12.6 Å². The zero-order chi connectivity index (χ0) is 11.2. The maximum Gasteiger partial charge on any atom is 0.0588 e. The first-order chi connectivity index (χ1) is 7.88. The Kier molecular flexibility index (Phi) is 5.07. The first-order valence-corrected chi connectivity index (χ1v) is 6.96. The van der Waals surface area contributed by atoms with Crippen LogP contribution in [0.4, 0.5) is 0 Å². The molecule has 94 valence electrons. The Morgan fingerprint density at radius 1 is 1.25 bits per heavy atom. The minimum Gasteiger partial charge on any atom is -0.378 e. The molecular weight excluding hydrogens is 200 g/mol. The zero-order valence-corrected chi connectivity index (χ0v) is 10.6. The van der Waals surface area contributed by atoms with Crippen molar-refractivity contribution in [2.75, 3.05) is 32.8 Å². The summed E-state index contributed by atoms with van der Waals surface area (Å²) in [5.41, 5.74) is 0. The van der Waals surface area contributed by atoms with Gasteiger partial charge in [-0.25, -0.2) is 0 Å². The standard InChI is InChI=1S/C13H26N2O/c1-2-15-9-6-12(7-10-15)14-8-5-13-4-3-11-16-13/h12-14H,2-11H2,1H3. The van der Waals surface area contributed by atoms with E-state index in [1.54, 1.807) is 0 Å². The minimum absolute atomic E-state index is 0.545. The number of piperidine rings is 1. The summed E-state index contributed by atoms with van der Waals surface area (Å²) in [6.45, 7) is 8.14. The van der Waals surface area contributed by atoms with Gasteiger partial charge in [0.2, 0.25) is 0 Å². The van der Waals surface area contributed by atoms with Crippen LogP contribution in [0.1, 0.15) is 39.0 Å². The normalized spacial score (nSPS) is 28.7. The van der Waals surface area contributed by atoms with Gasteiger partial charge in [0.05, 0.1) is 6.10 Å². The molecule has 0 aromatic heterocycles. The van der Waals surface area contributed by atoms with E-state index in [-0.39, 0.29) is 0 Å². The van der Waals surface area contributed by atoms with Crippen LogP contribution < -0.4 is 5.32 Å². The van der Waals surface area contributed by atoms with Crippen LogP contribution in [0.25, 0.3) is 0 Å². The monoisotopic (exact) mass is 226 g/mol. The van der Waals surface area contributed by atoms with Gasteiger partial charge in [-0.3, -0.25) is 0 Å². The van der Waals surface area contributed by atoms with Crippen LogP contribution >= 0.6 is 0 Å². The summed E-state index contributed by atoms with van der Waals surface area (Å²) in [7, 11) is 0. The number of nitrogens with one attached hydrogen (secondary N) is 1. The molecule has 2 aliphatic rings. The molecule has 1 unspecified atom stereocenters. The SMILES string of the molecule is CCN1CCC(NCCC2CCCO2)CC1. The molecule has 0 spiro atoms. The maximum atomic E-state index is 5.63. The van der Waals surface area contributed by atoms with Gasteiger partial charge < -0.3 is 15.0 Å². The molecule has 1 atom stereocenters. The van der Waals surface area contributed by atoms with E-state index in [0.29, 0.717) is 6.10 Å². The predicted molar refractivity (Wildman–Crippen MR) is 66.7 cm³/mol. The highest BCUT2D eigenvalue weighted by Gasteiger charge is 2.19. The third kappa shape index (κ3) is 3.72. The van der Waals surface area contributed by atoms with Crippen LogP contribution in [0.2, 0.25) is 0 Å².